The van der Waals surface area contributed by atoms with E-state index in [2.05, 4.69) is 5.32 Å². The van der Waals surface area contributed by atoms with Gasteiger partial charge in [0.2, 0.25) is 0 Å². The number of aliphatic hydroxyl groups is 1. The van der Waals surface area contributed by atoms with Gasteiger partial charge in [0.15, 0.2) is 0 Å². The predicted molar refractivity (Wildman–Crippen MR) is 79.6 cm³/mol. The van der Waals surface area contributed by atoms with Gasteiger partial charge in [0.1, 0.15) is 13.5 Å². The molecule has 114 valence electrons. The van der Waals surface area contributed by atoms with E-state index in [1.165, 1.54) is 6.08 Å². The number of allylic oxidation sites excluding steroid dienone is 1. The second-order valence-electron chi connectivity index (χ2n) is 4.06. The van der Waals surface area contributed by atoms with Crippen LogP contribution in [0.5, 0.6) is 0 Å². The number of benzene rings is 1. The monoisotopic (exact) mass is 311 g/mol. The molecule has 7 heteroatoms. The molecule has 0 radical (unpaired) electrons. The van der Waals surface area contributed by atoms with Crippen LogP contribution >= 0.6 is 7.80 Å². The summed E-state index contributed by atoms with van der Waals surface area (Å²) in [6.45, 7) is 1.80. The molecule has 1 amide bonds. The minimum atomic E-state index is -2.20. The van der Waals surface area contributed by atoms with E-state index in [-0.39, 0.29) is 18.5 Å². The van der Waals surface area contributed by atoms with Crippen LogP contribution in [-0.4, -0.2) is 36.1 Å². The van der Waals surface area contributed by atoms with Crippen LogP contribution in [0.4, 0.5) is 0 Å². The summed E-state index contributed by atoms with van der Waals surface area (Å²) in [5.74, 6) is -1.16. The van der Waals surface area contributed by atoms with Crippen molar-refractivity contribution < 1.29 is 24.0 Å². The number of amides is 1. The van der Waals surface area contributed by atoms with Crippen LogP contribution in [0.25, 0.3) is 0 Å². The lowest BCUT2D eigenvalue weighted by atomic mass is 10.2. The molecule has 1 rings (SSSR count). The molecule has 1 aromatic carbocycles. The van der Waals surface area contributed by atoms with Crippen molar-refractivity contribution in [2.24, 2.45) is 0 Å². The van der Waals surface area contributed by atoms with Gasteiger partial charge in [-0.3, -0.25) is 4.79 Å². The molecule has 0 spiro atoms. The Hall–Kier alpha value is -1.91. The molecule has 1 atom stereocenters. The van der Waals surface area contributed by atoms with E-state index < -0.39 is 26.0 Å². The second-order valence-corrected chi connectivity index (χ2v) is 5.86. The summed E-state index contributed by atoms with van der Waals surface area (Å²) in [7, 11) is -2.20. The summed E-state index contributed by atoms with van der Waals surface area (Å²) >= 11 is 0. The third kappa shape index (κ3) is 5.94. The van der Waals surface area contributed by atoms with Crippen molar-refractivity contribution in [1.82, 2.24) is 5.32 Å². The van der Waals surface area contributed by atoms with E-state index in [0.717, 1.165) is 0 Å². The number of aliphatic hydroxyl groups excluding tert-OH is 1. The summed E-state index contributed by atoms with van der Waals surface area (Å²) in [6, 6.07) is 8.38. The van der Waals surface area contributed by atoms with E-state index in [4.69, 9.17) is 9.84 Å². The maximum Gasteiger partial charge on any atom is 0.354 e. The average molecular weight is 311 g/mol. The summed E-state index contributed by atoms with van der Waals surface area (Å²) in [5.41, 5.74) is 0.319. The number of ether oxygens (including phenoxy) is 1. The molecule has 0 fully saturated rings. The molecule has 2 N–H and O–H groups in total. The van der Waals surface area contributed by atoms with E-state index >= 15 is 0 Å². The number of carbonyl (C=O) groups is 2. The van der Waals surface area contributed by atoms with Gasteiger partial charge in [-0.2, -0.15) is 0 Å². The van der Waals surface area contributed by atoms with E-state index in [1.54, 1.807) is 37.3 Å². The topological polar surface area (TPSA) is 92.7 Å². The minimum Gasteiger partial charge on any atom is -0.461 e. The molecule has 1 unspecified atom stereocenters. The molecule has 6 nitrogen and oxygen atoms in total. The molecular formula is C14H18NO5P. The van der Waals surface area contributed by atoms with Crippen molar-refractivity contribution in [2.45, 2.75) is 6.92 Å². The van der Waals surface area contributed by atoms with Crippen LogP contribution in [0.3, 0.4) is 0 Å². The van der Waals surface area contributed by atoms with Gasteiger partial charge in [-0.05, 0) is 25.1 Å². The number of hydrogen-bond acceptors (Lipinski definition) is 5. The number of carbonyl (C=O) groups excluding carboxylic acids is 2. The van der Waals surface area contributed by atoms with Gasteiger partial charge in [-0.1, -0.05) is 18.2 Å². The highest BCUT2D eigenvalue weighted by Gasteiger charge is 2.15. The van der Waals surface area contributed by atoms with Crippen LogP contribution in [-0.2, 0) is 14.1 Å². The molecule has 0 aliphatic carbocycles. The van der Waals surface area contributed by atoms with Crippen molar-refractivity contribution >= 4 is 19.7 Å². The number of rotatable bonds is 7. The van der Waals surface area contributed by atoms with E-state index in [9.17, 15) is 14.2 Å². The number of nitrogens with one attached hydrogen (secondary N) is 1. The van der Waals surface area contributed by atoms with Gasteiger partial charge in [0.05, 0.1) is 13.0 Å². The van der Waals surface area contributed by atoms with Gasteiger partial charge in [-0.15, -0.1) is 0 Å². The zero-order valence-electron chi connectivity index (χ0n) is 11.7. The number of hydrogen-bond donors (Lipinski definition) is 2. The molecule has 1 aromatic rings. The standard InChI is InChI=1S/C14H18NO5P/c1-2-20-14(18)12(8-9-21(19)10-16)15-13(17)11-6-4-3-5-7-11/h3-8,16,21H,2,9-10H2,1H3,(H,15,17)/b12-8-. The molecule has 0 aromatic heterocycles. The Bertz CT molecular complexity index is 542. The Morgan fingerprint density at radius 3 is 2.57 bits per heavy atom. The lowest BCUT2D eigenvalue weighted by molar-refractivity contribution is -0.138. The molecule has 0 heterocycles. The maximum atomic E-state index is 12.0. The van der Waals surface area contributed by atoms with Crippen molar-refractivity contribution in [1.29, 1.82) is 0 Å². The van der Waals surface area contributed by atoms with Gasteiger partial charge < -0.3 is 19.7 Å². The highest BCUT2D eigenvalue weighted by molar-refractivity contribution is 7.44. The highest BCUT2D eigenvalue weighted by atomic mass is 31.1. The minimum absolute atomic E-state index is 0.0182. The Morgan fingerprint density at radius 2 is 2.00 bits per heavy atom. The third-order valence-electron chi connectivity index (χ3n) is 2.49. The smallest absolute Gasteiger partial charge is 0.354 e. The lowest BCUT2D eigenvalue weighted by Crippen LogP contribution is -2.28. The SMILES string of the molecule is CCOC(=O)/C(=C/C[PH](=O)CO)NC(=O)c1ccccc1. The van der Waals surface area contributed by atoms with Crippen LogP contribution in [0, 0.1) is 0 Å². The molecular weight excluding hydrogens is 293 g/mol. The fraction of sp³-hybridized carbons (Fsp3) is 0.286. The van der Waals surface area contributed by atoms with Gasteiger partial charge in [0.25, 0.3) is 5.91 Å². The van der Waals surface area contributed by atoms with E-state index in [0.29, 0.717) is 5.56 Å². The quantitative estimate of drug-likeness (QED) is 0.451. The third-order valence-corrected chi connectivity index (χ3v) is 3.50. The molecule has 21 heavy (non-hydrogen) atoms. The summed E-state index contributed by atoms with van der Waals surface area (Å²) < 4.78 is 16.1. The van der Waals surface area contributed by atoms with Crippen molar-refractivity contribution in [2.75, 3.05) is 19.1 Å². The predicted octanol–water partition coefficient (Wildman–Crippen LogP) is 1.37. The number of esters is 1. The lowest BCUT2D eigenvalue weighted by Gasteiger charge is -2.09. The van der Waals surface area contributed by atoms with Crippen molar-refractivity contribution in [3.63, 3.8) is 0 Å². The first-order valence-electron chi connectivity index (χ1n) is 6.44. The van der Waals surface area contributed by atoms with Gasteiger partial charge in [-0.25, -0.2) is 4.79 Å². The van der Waals surface area contributed by atoms with Crippen LogP contribution in [0.15, 0.2) is 42.1 Å². The van der Waals surface area contributed by atoms with Crippen molar-refractivity contribution in [3.05, 3.63) is 47.7 Å². The zero-order chi connectivity index (χ0) is 15.7. The van der Waals surface area contributed by atoms with Crippen LogP contribution < -0.4 is 5.32 Å². The van der Waals surface area contributed by atoms with Crippen LogP contribution in [0.1, 0.15) is 17.3 Å². The largest absolute Gasteiger partial charge is 0.461 e. The summed E-state index contributed by atoms with van der Waals surface area (Å²) in [5, 5.41) is 11.2. The van der Waals surface area contributed by atoms with Gasteiger partial charge in [0, 0.05) is 11.7 Å². The zero-order valence-corrected chi connectivity index (χ0v) is 12.7. The molecule has 0 aliphatic rings. The fourth-order valence-corrected chi connectivity index (χ4v) is 2.02. The second kappa shape index (κ2) is 9.10. The van der Waals surface area contributed by atoms with E-state index in [1.807, 2.05) is 0 Å². The Balaban J connectivity index is 2.84. The fourth-order valence-electron chi connectivity index (χ4n) is 1.46. The Labute approximate surface area is 123 Å². The average Bonchev–Trinajstić information content (AvgIpc) is 2.51. The highest BCUT2D eigenvalue weighted by Crippen LogP contribution is 2.18. The maximum absolute atomic E-state index is 12.0. The van der Waals surface area contributed by atoms with Crippen molar-refractivity contribution in [3.8, 4) is 0 Å². The molecule has 0 saturated heterocycles. The summed E-state index contributed by atoms with van der Waals surface area (Å²) in [4.78, 5) is 23.8. The van der Waals surface area contributed by atoms with Crippen LogP contribution in [0.2, 0.25) is 0 Å². The molecule has 0 aliphatic heterocycles. The Morgan fingerprint density at radius 1 is 1.33 bits per heavy atom. The Kier molecular flexibility index (Phi) is 7.43. The normalized spacial score (nSPS) is 12.6. The molecule has 0 bridgehead atoms. The first-order chi connectivity index (χ1) is 10.1. The van der Waals surface area contributed by atoms with Gasteiger partial charge >= 0.3 is 5.97 Å². The first-order valence-corrected chi connectivity index (χ1v) is 8.27. The molecule has 0 saturated carbocycles. The summed E-state index contributed by atoms with van der Waals surface area (Å²) in [6.07, 6.45) is 0.893. The first kappa shape index (κ1) is 17.1.